The van der Waals surface area contributed by atoms with Gasteiger partial charge in [-0.2, -0.15) is 0 Å². The van der Waals surface area contributed by atoms with E-state index in [1.807, 2.05) is 6.07 Å². The van der Waals surface area contributed by atoms with Gasteiger partial charge in [-0.15, -0.1) is 0 Å². The van der Waals surface area contributed by atoms with Gasteiger partial charge in [0.15, 0.2) is 0 Å². The first-order valence-corrected chi connectivity index (χ1v) is 7.46. The minimum absolute atomic E-state index is 0.171. The lowest BCUT2D eigenvalue weighted by atomic mass is 10.1. The number of benzene rings is 1. The van der Waals surface area contributed by atoms with Crippen molar-refractivity contribution in [1.82, 2.24) is 14.5 Å². The van der Waals surface area contributed by atoms with Crippen LogP contribution in [-0.2, 0) is 13.0 Å². The number of aryl methyl sites for hydroxylation is 1. The number of fused-ring (bicyclic) bond motifs is 1. The van der Waals surface area contributed by atoms with Gasteiger partial charge in [-0.1, -0.05) is 19.1 Å². The molecule has 0 fully saturated rings. The summed E-state index contributed by atoms with van der Waals surface area (Å²) < 4.78 is 2.32. The molecule has 0 bridgehead atoms. The highest BCUT2D eigenvalue weighted by Gasteiger charge is 2.13. The molecule has 0 aliphatic carbocycles. The summed E-state index contributed by atoms with van der Waals surface area (Å²) >= 11 is 0. The molecule has 0 amide bonds. The highest BCUT2D eigenvalue weighted by Crippen LogP contribution is 2.17. The van der Waals surface area contributed by atoms with E-state index in [2.05, 4.69) is 48.7 Å². The second kappa shape index (κ2) is 6.86. The van der Waals surface area contributed by atoms with Crippen LogP contribution in [0.25, 0.3) is 11.0 Å². The number of imidazole rings is 1. The van der Waals surface area contributed by atoms with Crippen molar-refractivity contribution < 1.29 is 0 Å². The topological polar surface area (TPSA) is 47.1 Å². The summed E-state index contributed by atoms with van der Waals surface area (Å²) in [6, 6.07) is 8.51. The van der Waals surface area contributed by atoms with Gasteiger partial charge in [0.2, 0.25) is 0 Å². The van der Waals surface area contributed by atoms with Crippen LogP contribution in [0.1, 0.15) is 25.6 Å². The summed E-state index contributed by atoms with van der Waals surface area (Å²) in [7, 11) is 4.16. The Hall–Kier alpha value is -1.39. The zero-order chi connectivity index (χ0) is 14.5. The number of hydrogen-bond donors (Lipinski definition) is 1. The van der Waals surface area contributed by atoms with Crippen LogP contribution >= 0.6 is 0 Å². The summed E-state index contributed by atoms with van der Waals surface area (Å²) in [5.41, 5.74) is 8.57. The summed E-state index contributed by atoms with van der Waals surface area (Å²) in [6.45, 7) is 4.23. The van der Waals surface area contributed by atoms with Gasteiger partial charge in [0, 0.05) is 19.0 Å². The molecule has 1 atom stereocenters. The van der Waals surface area contributed by atoms with Gasteiger partial charge >= 0.3 is 0 Å². The molecule has 0 radical (unpaired) electrons. The Morgan fingerprint density at radius 1 is 1.30 bits per heavy atom. The first kappa shape index (κ1) is 15.0. The molecule has 20 heavy (non-hydrogen) atoms. The molecule has 2 aromatic rings. The van der Waals surface area contributed by atoms with E-state index in [9.17, 15) is 0 Å². The molecule has 110 valence electrons. The standard InChI is InChI=1S/C16H26N4/c1-4-10-20-15-8-6-5-7-14(15)18-16(20)12-13(17)9-11-19(2)3/h5-8,13H,4,9-12,17H2,1-3H3. The normalized spacial score (nSPS) is 13.2. The fourth-order valence-electron chi connectivity index (χ4n) is 2.51. The molecule has 0 aliphatic rings. The lowest BCUT2D eigenvalue weighted by Crippen LogP contribution is -2.29. The van der Waals surface area contributed by atoms with Gasteiger partial charge in [-0.3, -0.25) is 0 Å². The maximum absolute atomic E-state index is 6.26. The van der Waals surface area contributed by atoms with Crippen LogP contribution < -0.4 is 5.73 Å². The summed E-state index contributed by atoms with van der Waals surface area (Å²) in [5.74, 6) is 1.12. The lowest BCUT2D eigenvalue weighted by molar-refractivity contribution is 0.377. The number of para-hydroxylation sites is 2. The molecule has 0 aliphatic heterocycles. The molecule has 2 rings (SSSR count). The Kier molecular flexibility index (Phi) is 5.15. The van der Waals surface area contributed by atoms with E-state index in [4.69, 9.17) is 10.7 Å². The largest absolute Gasteiger partial charge is 0.328 e. The third-order valence-electron chi connectivity index (χ3n) is 3.57. The Balaban J connectivity index is 2.17. The molecule has 1 aromatic carbocycles. The lowest BCUT2D eigenvalue weighted by Gasteiger charge is -2.16. The van der Waals surface area contributed by atoms with E-state index in [1.54, 1.807) is 0 Å². The molecule has 4 heteroatoms. The molecule has 1 aromatic heterocycles. The number of rotatable bonds is 7. The van der Waals surface area contributed by atoms with Crippen molar-refractivity contribution in [2.45, 2.75) is 38.8 Å². The van der Waals surface area contributed by atoms with Crippen LogP contribution in [0.5, 0.6) is 0 Å². The van der Waals surface area contributed by atoms with Gasteiger partial charge in [0.05, 0.1) is 11.0 Å². The Morgan fingerprint density at radius 2 is 2.05 bits per heavy atom. The number of hydrogen-bond acceptors (Lipinski definition) is 3. The predicted molar refractivity (Wildman–Crippen MR) is 84.9 cm³/mol. The smallest absolute Gasteiger partial charge is 0.111 e. The van der Waals surface area contributed by atoms with E-state index in [1.165, 1.54) is 5.52 Å². The Labute approximate surface area is 121 Å². The maximum atomic E-state index is 6.26. The van der Waals surface area contributed by atoms with Crippen LogP contribution in [-0.4, -0.2) is 41.1 Å². The average molecular weight is 274 g/mol. The molecule has 4 nitrogen and oxygen atoms in total. The van der Waals surface area contributed by atoms with Crippen molar-refractivity contribution in [3.8, 4) is 0 Å². The molecular formula is C16H26N4. The molecule has 0 saturated heterocycles. The number of nitrogens with zero attached hydrogens (tertiary/aromatic N) is 3. The number of nitrogens with two attached hydrogens (primary N) is 1. The van der Waals surface area contributed by atoms with Crippen LogP contribution in [0.3, 0.4) is 0 Å². The second-order valence-electron chi connectivity index (χ2n) is 5.72. The molecule has 1 unspecified atom stereocenters. The van der Waals surface area contributed by atoms with Gasteiger partial charge in [0.25, 0.3) is 0 Å². The van der Waals surface area contributed by atoms with E-state index in [-0.39, 0.29) is 6.04 Å². The summed E-state index contributed by atoms with van der Waals surface area (Å²) in [6.07, 6.45) is 2.96. The first-order chi connectivity index (χ1) is 9.61. The fourth-order valence-corrected chi connectivity index (χ4v) is 2.51. The fraction of sp³-hybridized carbons (Fsp3) is 0.562. The zero-order valence-corrected chi connectivity index (χ0v) is 12.8. The Bertz CT molecular complexity index is 544. The average Bonchev–Trinajstić information content (AvgIpc) is 2.75. The SMILES string of the molecule is CCCn1c(CC(N)CCN(C)C)nc2ccccc21. The molecule has 0 saturated carbocycles. The van der Waals surface area contributed by atoms with E-state index in [0.717, 1.165) is 43.7 Å². The van der Waals surface area contributed by atoms with Crippen molar-refractivity contribution in [2.24, 2.45) is 5.73 Å². The maximum Gasteiger partial charge on any atom is 0.111 e. The minimum Gasteiger partial charge on any atom is -0.328 e. The van der Waals surface area contributed by atoms with Gasteiger partial charge in [-0.25, -0.2) is 4.98 Å². The van der Waals surface area contributed by atoms with Crippen molar-refractivity contribution in [2.75, 3.05) is 20.6 Å². The van der Waals surface area contributed by atoms with Crippen molar-refractivity contribution >= 4 is 11.0 Å². The molecule has 1 heterocycles. The molecule has 2 N–H and O–H groups in total. The molecular weight excluding hydrogens is 248 g/mol. The highest BCUT2D eigenvalue weighted by molar-refractivity contribution is 5.75. The summed E-state index contributed by atoms with van der Waals surface area (Å²) in [5, 5.41) is 0. The monoisotopic (exact) mass is 274 g/mol. The number of aromatic nitrogens is 2. The third-order valence-corrected chi connectivity index (χ3v) is 3.57. The quantitative estimate of drug-likeness (QED) is 0.842. The third kappa shape index (κ3) is 3.58. The van der Waals surface area contributed by atoms with E-state index >= 15 is 0 Å². The van der Waals surface area contributed by atoms with Crippen molar-refractivity contribution in [3.63, 3.8) is 0 Å². The van der Waals surface area contributed by atoms with Gasteiger partial charge in [-0.05, 0) is 45.6 Å². The second-order valence-corrected chi connectivity index (χ2v) is 5.72. The molecule has 0 spiro atoms. The summed E-state index contributed by atoms with van der Waals surface area (Å²) in [4.78, 5) is 6.94. The van der Waals surface area contributed by atoms with E-state index < -0.39 is 0 Å². The highest BCUT2D eigenvalue weighted by atomic mass is 15.1. The van der Waals surface area contributed by atoms with Crippen LogP contribution in [0.15, 0.2) is 24.3 Å². The van der Waals surface area contributed by atoms with Gasteiger partial charge in [0.1, 0.15) is 5.82 Å². The first-order valence-electron chi connectivity index (χ1n) is 7.46. The predicted octanol–water partition coefficient (Wildman–Crippen LogP) is 2.27. The van der Waals surface area contributed by atoms with Crippen molar-refractivity contribution in [3.05, 3.63) is 30.1 Å². The van der Waals surface area contributed by atoms with Gasteiger partial charge < -0.3 is 15.2 Å². The van der Waals surface area contributed by atoms with Crippen LogP contribution in [0.2, 0.25) is 0 Å². The zero-order valence-electron chi connectivity index (χ0n) is 12.8. The van der Waals surface area contributed by atoms with Crippen molar-refractivity contribution in [1.29, 1.82) is 0 Å². The van der Waals surface area contributed by atoms with Crippen LogP contribution in [0, 0.1) is 0 Å². The minimum atomic E-state index is 0.171. The Morgan fingerprint density at radius 3 is 2.75 bits per heavy atom. The van der Waals surface area contributed by atoms with E-state index in [0.29, 0.717) is 0 Å². The van der Waals surface area contributed by atoms with Crippen LogP contribution in [0.4, 0.5) is 0 Å².